The first-order chi connectivity index (χ1) is 21.7. The second-order valence-electron chi connectivity index (χ2n) is 12.3. The highest BCUT2D eigenvalue weighted by Crippen LogP contribution is 2.44. The van der Waals surface area contributed by atoms with E-state index < -0.39 is 17.6 Å². The minimum atomic E-state index is -0.999. The van der Waals surface area contributed by atoms with E-state index in [9.17, 15) is 9.18 Å². The zero-order valence-electron chi connectivity index (χ0n) is 25.0. The van der Waals surface area contributed by atoms with Crippen molar-refractivity contribution >= 4 is 56.6 Å². The summed E-state index contributed by atoms with van der Waals surface area (Å²) in [5.41, 5.74) is 0.771. The Morgan fingerprint density at radius 1 is 1.07 bits per heavy atom. The number of hydrogen-bond acceptors (Lipinski definition) is 6. The lowest BCUT2D eigenvalue weighted by Crippen LogP contribution is -2.54. The zero-order valence-corrected chi connectivity index (χ0v) is 26.5. The van der Waals surface area contributed by atoms with Gasteiger partial charge >= 0.3 is 6.01 Å². The molecule has 7 rings (SSSR count). The van der Waals surface area contributed by atoms with Crippen LogP contribution in [0.3, 0.4) is 0 Å². The van der Waals surface area contributed by atoms with Gasteiger partial charge in [0.2, 0.25) is 0 Å². The van der Waals surface area contributed by atoms with Crippen molar-refractivity contribution in [1.29, 1.82) is 0 Å². The van der Waals surface area contributed by atoms with Gasteiger partial charge in [-0.05, 0) is 68.8 Å². The SMILES string of the molecule is C=C(F)C(=O)N1CCN(c2nc(OCC34CCCN3CCC4)nc3c(F)c(-c4cccc5cccc(Cl)c45)c(Cl)cc23)[C@@H](C)C1. The first-order valence-corrected chi connectivity index (χ1v) is 16.1. The molecule has 234 valence electrons. The van der Waals surface area contributed by atoms with Gasteiger partial charge in [-0.15, -0.1) is 0 Å². The quantitative estimate of drug-likeness (QED) is 0.202. The number of fused-ring (bicyclic) bond motifs is 3. The van der Waals surface area contributed by atoms with Crippen LogP contribution in [-0.4, -0.2) is 76.6 Å². The zero-order chi connectivity index (χ0) is 31.5. The second-order valence-corrected chi connectivity index (χ2v) is 13.1. The average Bonchev–Trinajstić information content (AvgIpc) is 3.60. The Kier molecular flexibility index (Phi) is 7.82. The molecule has 7 nitrogen and oxygen atoms in total. The van der Waals surface area contributed by atoms with Crippen LogP contribution in [0.25, 0.3) is 32.8 Å². The molecule has 3 fully saturated rings. The van der Waals surface area contributed by atoms with Gasteiger partial charge in [-0.3, -0.25) is 9.69 Å². The van der Waals surface area contributed by atoms with E-state index in [0.29, 0.717) is 40.3 Å². The van der Waals surface area contributed by atoms with Crippen molar-refractivity contribution in [2.75, 3.05) is 44.2 Å². The number of carbonyl (C=O) groups excluding carboxylic acids is 1. The predicted octanol–water partition coefficient (Wildman–Crippen LogP) is 7.42. The lowest BCUT2D eigenvalue weighted by molar-refractivity contribution is -0.129. The summed E-state index contributed by atoms with van der Waals surface area (Å²) >= 11 is 13.5. The number of nitrogens with zero attached hydrogens (tertiary/aromatic N) is 5. The molecule has 0 spiro atoms. The van der Waals surface area contributed by atoms with Crippen molar-refractivity contribution < 1.29 is 18.3 Å². The van der Waals surface area contributed by atoms with E-state index >= 15 is 4.39 Å². The van der Waals surface area contributed by atoms with Crippen LogP contribution in [0.1, 0.15) is 32.6 Å². The molecule has 3 aromatic carbocycles. The monoisotopic (exact) mass is 651 g/mol. The molecule has 4 aromatic rings. The third-order valence-electron chi connectivity index (χ3n) is 9.67. The second kappa shape index (κ2) is 11.7. The third-order valence-corrected chi connectivity index (χ3v) is 10.3. The number of benzene rings is 3. The van der Waals surface area contributed by atoms with Gasteiger partial charge in [0.25, 0.3) is 5.91 Å². The van der Waals surface area contributed by atoms with E-state index in [1.165, 1.54) is 4.90 Å². The first kappa shape index (κ1) is 30.1. The topological polar surface area (TPSA) is 61.8 Å². The van der Waals surface area contributed by atoms with Crippen LogP contribution in [-0.2, 0) is 4.79 Å². The van der Waals surface area contributed by atoms with Gasteiger partial charge in [-0.1, -0.05) is 60.1 Å². The summed E-state index contributed by atoms with van der Waals surface area (Å²) in [6, 6.07) is 12.6. The highest BCUT2D eigenvalue weighted by molar-refractivity contribution is 6.38. The van der Waals surface area contributed by atoms with Crippen molar-refractivity contribution in [1.82, 2.24) is 19.8 Å². The fraction of sp³-hybridized carbons (Fsp3) is 0.382. The number of aromatic nitrogens is 2. The van der Waals surface area contributed by atoms with Crippen molar-refractivity contribution in [3.8, 4) is 17.1 Å². The summed E-state index contributed by atoms with van der Waals surface area (Å²) in [5, 5.41) is 2.64. The molecule has 3 aliphatic heterocycles. The third kappa shape index (κ3) is 5.19. The Hall–Kier alpha value is -3.53. The number of piperazine rings is 1. The standard InChI is InChI=1S/C34H33Cl2F2N5O2/c1-20-18-41(32(44)21(2)37)15-16-43(20)31-24-17-26(36)28(23-9-3-7-22-8-4-10-25(35)27(22)23)29(38)30(24)39-33(40-31)45-19-34-11-5-13-42(34)14-6-12-34/h3-4,7-10,17,20H,2,5-6,11-16,18-19H2,1H3/t20-/m0/s1. The number of anilines is 1. The molecule has 0 saturated carbocycles. The van der Waals surface area contributed by atoms with Crippen molar-refractivity contribution in [2.45, 2.75) is 44.2 Å². The van der Waals surface area contributed by atoms with Gasteiger partial charge in [0.15, 0.2) is 11.6 Å². The van der Waals surface area contributed by atoms with Gasteiger partial charge in [-0.2, -0.15) is 9.97 Å². The number of carbonyl (C=O) groups is 1. The van der Waals surface area contributed by atoms with Crippen LogP contribution in [0.2, 0.25) is 10.0 Å². The molecule has 0 radical (unpaired) electrons. The average molecular weight is 653 g/mol. The maximum atomic E-state index is 16.9. The van der Waals surface area contributed by atoms with Crippen LogP contribution in [0.5, 0.6) is 6.01 Å². The van der Waals surface area contributed by atoms with Gasteiger partial charge in [-0.25, -0.2) is 8.78 Å². The van der Waals surface area contributed by atoms with Crippen molar-refractivity contribution in [2.24, 2.45) is 0 Å². The molecule has 0 unspecified atom stereocenters. The summed E-state index contributed by atoms with van der Waals surface area (Å²) < 4.78 is 36.9. The predicted molar refractivity (Wildman–Crippen MR) is 174 cm³/mol. The normalized spacial score (nSPS) is 19.8. The highest BCUT2D eigenvalue weighted by Gasteiger charge is 2.45. The molecule has 4 heterocycles. The Bertz CT molecular complexity index is 1840. The molecule has 1 amide bonds. The molecule has 11 heteroatoms. The van der Waals surface area contributed by atoms with Crippen LogP contribution in [0.4, 0.5) is 14.6 Å². The van der Waals surface area contributed by atoms with Crippen LogP contribution in [0.15, 0.2) is 54.9 Å². The van der Waals surface area contributed by atoms with Gasteiger partial charge < -0.3 is 14.5 Å². The largest absolute Gasteiger partial charge is 0.461 e. The molecule has 0 N–H and O–H groups in total. The van der Waals surface area contributed by atoms with Crippen LogP contribution >= 0.6 is 23.2 Å². The molecule has 3 saturated heterocycles. The summed E-state index contributed by atoms with van der Waals surface area (Å²) in [6.45, 7) is 8.39. The maximum absolute atomic E-state index is 16.9. The lowest BCUT2D eigenvalue weighted by Gasteiger charge is -2.40. The van der Waals surface area contributed by atoms with E-state index in [4.69, 9.17) is 32.9 Å². The molecular weight excluding hydrogens is 619 g/mol. The number of amides is 1. The highest BCUT2D eigenvalue weighted by atomic mass is 35.5. The number of rotatable bonds is 6. The minimum Gasteiger partial charge on any atom is -0.461 e. The van der Waals surface area contributed by atoms with Crippen molar-refractivity contribution in [3.63, 3.8) is 0 Å². The fourth-order valence-electron chi connectivity index (χ4n) is 7.48. The summed E-state index contributed by atoms with van der Waals surface area (Å²) in [7, 11) is 0. The first-order valence-electron chi connectivity index (χ1n) is 15.3. The summed E-state index contributed by atoms with van der Waals surface area (Å²) in [4.78, 5) is 27.7. The number of halogens is 4. The number of hydrogen-bond donors (Lipinski definition) is 0. The van der Waals surface area contributed by atoms with Gasteiger partial charge in [0.1, 0.15) is 17.9 Å². The van der Waals surface area contributed by atoms with E-state index in [0.717, 1.165) is 44.2 Å². The lowest BCUT2D eigenvalue weighted by atomic mass is 9.95. The molecule has 0 bridgehead atoms. The fourth-order valence-corrected chi connectivity index (χ4v) is 8.06. The van der Waals surface area contributed by atoms with E-state index in [-0.39, 0.29) is 46.8 Å². The molecule has 3 aliphatic rings. The summed E-state index contributed by atoms with van der Waals surface area (Å²) in [6.07, 6.45) is 4.30. The minimum absolute atomic E-state index is 0.0596. The smallest absolute Gasteiger partial charge is 0.319 e. The Morgan fingerprint density at radius 2 is 1.80 bits per heavy atom. The van der Waals surface area contributed by atoms with E-state index in [1.807, 2.05) is 36.1 Å². The van der Waals surface area contributed by atoms with E-state index in [2.05, 4.69) is 16.5 Å². The molecule has 0 aliphatic carbocycles. The Labute approximate surface area is 270 Å². The summed E-state index contributed by atoms with van der Waals surface area (Å²) in [5.74, 6) is -1.89. The Morgan fingerprint density at radius 3 is 2.51 bits per heavy atom. The van der Waals surface area contributed by atoms with E-state index in [1.54, 1.807) is 18.2 Å². The molecule has 1 aromatic heterocycles. The number of ether oxygens (including phenoxy) is 1. The maximum Gasteiger partial charge on any atom is 0.319 e. The molecular formula is C34H33Cl2F2N5O2. The van der Waals surface area contributed by atoms with Crippen LogP contribution < -0.4 is 9.64 Å². The van der Waals surface area contributed by atoms with Gasteiger partial charge in [0.05, 0.1) is 10.6 Å². The van der Waals surface area contributed by atoms with Crippen molar-refractivity contribution in [3.05, 3.63) is 70.7 Å². The molecule has 45 heavy (non-hydrogen) atoms. The Balaban J connectivity index is 1.35. The van der Waals surface area contributed by atoms with Crippen LogP contribution in [0, 0.1) is 5.82 Å². The molecule has 1 atom stereocenters. The van der Waals surface area contributed by atoms with Gasteiger partial charge in [0, 0.05) is 47.0 Å².